The Kier molecular flexibility index (Phi) is 3.78. The standard InChI is InChI=1S/C13H26N2O2/c1-10(2)14-5-6-15(11(3)4)12(7-14)13(16)8-17-9-13/h10-12,16H,5-9H2,1-4H3. The normalized spacial score (nSPS) is 30.9. The fourth-order valence-corrected chi connectivity index (χ4v) is 2.89. The van der Waals surface area contributed by atoms with Crippen LogP contribution in [0.15, 0.2) is 0 Å². The lowest BCUT2D eigenvalue weighted by Gasteiger charge is -2.53. The number of rotatable bonds is 3. The molecule has 4 heteroatoms. The van der Waals surface area contributed by atoms with Crippen LogP contribution in [0.3, 0.4) is 0 Å². The summed E-state index contributed by atoms with van der Waals surface area (Å²) in [5.74, 6) is 0. The molecule has 0 aromatic rings. The zero-order chi connectivity index (χ0) is 12.6. The average molecular weight is 242 g/mol. The van der Waals surface area contributed by atoms with Crippen LogP contribution in [0, 0.1) is 0 Å². The summed E-state index contributed by atoms with van der Waals surface area (Å²) >= 11 is 0. The lowest BCUT2D eigenvalue weighted by molar-refractivity contribution is -0.224. The molecule has 0 aromatic heterocycles. The number of hydrogen-bond donors (Lipinski definition) is 1. The molecule has 2 heterocycles. The minimum atomic E-state index is -0.627. The first kappa shape index (κ1) is 13.3. The topological polar surface area (TPSA) is 35.9 Å². The molecular formula is C13H26N2O2. The fraction of sp³-hybridized carbons (Fsp3) is 1.00. The van der Waals surface area contributed by atoms with Gasteiger partial charge in [-0.05, 0) is 27.7 Å². The Labute approximate surface area is 105 Å². The third-order valence-corrected chi connectivity index (χ3v) is 4.17. The number of nitrogens with zero attached hydrogens (tertiary/aromatic N) is 2. The molecule has 2 aliphatic rings. The van der Waals surface area contributed by atoms with Gasteiger partial charge in [0.15, 0.2) is 0 Å². The number of ether oxygens (including phenoxy) is 1. The third kappa shape index (κ3) is 2.50. The van der Waals surface area contributed by atoms with Crippen molar-refractivity contribution in [1.29, 1.82) is 0 Å². The fourth-order valence-electron chi connectivity index (χ4n) is 2.89. The number of hydrogen-bond acceptors (Lipinski definition) is 4. The molecular weight excluding hydrogens is 216 g/mol. The Bertz CT molecular complexity index is 264. The van der Waals surface area contributed by atoms with E-state index in [0.717, 1.165) is 19.6 Å². The smallest absolute Gasteiger partial charge is 0.128 e. The van der Waals surface area contributed by atoms with Crippen molar-refractivity contribution < 1.29 is 9.84 Å². The van der Waals surface area contributed by atoms with Crippen molar-refractivity contribution in [2.45, 2.75) is 51.4 Å². The summed E-state index contributed by atoms with van der Waals surface area (Å²) in [6.07, 6.45) is 0. The molecule has 0 aromatic carbocycles. The molecule has 1 N–H and O–H groups in total. The molecule has 100 valence electrons. The third-order valence-electron chi connectivity index (χ3n) is 4.17. The summed E-state index contributed by atoms with van der Waals surface area (Å²) in [6.45, 7) is 13.0. The maximum absolute atomic E-state index is 10.6. The van der Waals surface area contributed by atoms with Crippen LogP contribution in [-0.4, -0.2) is 71.5 Å². The average Bonchev–Trinajstić information content (AvgIpc) is 2.24. The van der Waals surface area contributed by atoms with Gasteiger partial charge >= 0.3 is 0 Å². The Morgan fingerprint density at radius 2 is 1.76 bits per heavy atom. The second-order valence-corrected chi connectivity index (χ2v) is 6.03. The quantitative estimate of drug-likeness (QED) is 0.784. The van der Waals surface area contributed by atoms with Crippen molar-refractivity contribution in [3.63, 3.8) is 0 Å². The highest BCUT2D eigenvalue weighted by molar-refractivity contribution is 5.02. The van der Waals surface area contributed by atoms with E-state index in [1.807, 2.05) is 0 Å². The molecule has 2 saturated heterocycles. The molecule has 1 unspecified atom stereocenters. The Morgan fingerprint density at radius 3 is 2.18 bits per heavy atom. The molecule has 0 saturated carbocycles. The minimum absolute atomic E-state index is 0.215. The van der Waals surface area contributed by atoms with Gasteiger partial charge in [0, 0.05) is 31.7 Å². The largest absolute Gasteiger partial charge is 0.383 e. The van der Waals surface area contributed by atoms with E-state index in [1.54, 1.807) is 0 Å². The number of aliphatic hydroxyl groups is 1. The van der Waals surface area contributed by atoms with Crippen LogP contribution in [-0.2, 0) is 4.74 Å². The first-order chi connectivity index (χ1) is 7.94. The lowest BCUT2D eigenvalue weighted by atomic mass is 9.88. The maximum atomic E-state index is 10.6. The van der Waals surface area contributed by atoms with Gasteiger partial charge in [-0.2, -0.15) is 0 Å². The second kappa shape index (κ2) is 4.84. The Hall–Kier alpha value is -0.160. The van der Waals surface area contributed by atoms with Gasteiger partial charge in [-0.15, -0.1) is 0 Å². The van der Waals surface area contributed by atoms with E-state index in [2.05, 4.69) is 37.5 Å². The van der Waals surface area contributed by atoms with Crippen LogP contribution in [0.25, 0.3) is 0 Å². The van der Waals surface area contributed by atoms with Crippen LogP contribution in [0.1, 0.15) is 27.7 Å². The summed E-state index contributed by atoms with van der Waals surface area (Å²) in [6, 6.07) is 1.25. The van der Waals surface area contributed by atoms with Crippen LogP contribution < -0.4 is 0 Å². The highest BCUT2D eigenvalue weighted by Gasteiger charge is 2.49. The first-order valence-electron chi connectivity index (χ1n) is 6.74. The minimum Gasteiger partial charge on any atom is -0.383 e. The molecule has 2 fully saturated rings. The van der Waals surface area contributed by atoms with Crippen LogP contribution in [0.5, 0.6) is 0 Å². The van der Waals surface area contributed by atoms with E-state index in [4.69, 9.17) is 4.74 Å². The van der Waals surface area contributed by atoms with Crippen molar-refractivity contribution in [3.05, 3.63) is 0 Å². The van der Waals surface area contributed by atoms with Gasteiger partial charge in [0.2, 0.25) is 0 Å². The molecule has 0 bridgehead atoms. The van der Waals surface area contributed by atoms with Crippen molar-refractivity contribution in [2.75, 3.05) is 32.8 Å². The molecule has 0 radical (unpaired) electrons. The highest BCUT2D eigenvalue weighted by atomic mass is 16.5. The van der Waals surface area contributed by atoms with Crippen molar-refractivity contribution in [1.82, 2.24) is 9.80 Å². The predicted molar refractivity (Wildman–Crippen MR) is 68.1 cm³/mol. The van der Waals surface area contributed by atoms with Crippen LogP contribution in [0.4, 0.5) is 0 Å². The molecule has 2 aliphatic heterocycles. The van der Waals surface area contributed by atoms with Crippen molar-refractivity contribution >= 4 is 0 Å². The zero-order valence-electron chi connectivity index (χ0n) is 11.5. The van der Waals surface area contributed by atoms with E-state index < -0.39 is 5.60 Å². The summed E-state index contributed by atoms with van der Waals surface area (Å²) < 4.78 is 5.22. The van der Waals surface area contributed by atoms with Gasteiger partial charge in [0.1, 0.15) is 5.60 Å². The van der Waals surface area contributed by atoms with Gasteiger partial charge in [-0.3, -0.25) is 9.80 Å². The zero-order valence-corrected chi connectivity index (χ0v) is 11.5. The lowest BCUT2D eigenvalue weighted by Crippen LogP contribution is -2.71. The maximum Gasteiger partial charge on any atom is 0.128 e. The molecule has 1 atom stereocenters. The van der Waals surface area contributed by atoms with Gasteiger partial charge in [0.25, 0.3) is 0 Å². The SMILES string of the molecule is CC(C)N1CCN(C(C)C)C(C2(O)COC2)C1. The van der Waals surface area contributed by atoms with Crippen LogP contribution in [0.2, 0.25) is 0 Å². The van der Waals surface area contributed by atoms with Crippen molar-refractivity contribution in [3.8, 4) is 0 Å². The van der Waals surface area contributed by atoms with E-state index in [0.29, 0.717) is 25.3 Å². The van der Waals surface area contributed by atoms with E-state index in [9.17, 15) is 5.11 Å². The van der Waals surface area contributed by atoms with Gasteiger partial charge < -0.3 is 9.84 Å². The Morgan fingerprint density at radius 1 is 1.12 bits per heavy atom. The van der Waals surface area contributed by atoms with E-state index in [1.165, 1.54) is 0 Å². The monoisotopic (exact) mass is 242 g/mol. The van der Waals surface area contributed by atoms with Gasteiger partial charge in [-0.25, -0.2) is 0 Å². The van der Waals surface area contributed by atoms with Crippen LogP contribution >= 0.6 is 0 Å². The van der Waals surface area contributed by atoms with Gasteiger partial charge in [0.05, 0.1) is 19.3 Å². The van der Waals surface area contributed by atoms with E-state index in [-0.39, 0.29) is 6.04 Å². The summed E-state index contributed by atoms with van der Waals surface area (Å²) in [7, 11) is 0. The summed E-state index contributed by atoms with van der Waals surface area (Å²) in [4.78, 5) is 4.89. The van der Waals surface area contributed by atoms with Gasteiger partial charge in [-0.1, -0.05) is 0 Å². The predicted octanol–water partition coefficient (Wildman–Crippen LogP) is 0.551. The summed E-state index contributed by atoms with van der Waals surface area (Å²) in [5.41, 5.74) is -0.627. The Balaban J connectivity index is 2.10. The molecule has 0 aliphatic carbocycles. The summed E-state index contributed by atoms with van der Waals surface area (Å²) in [5, 5.41) is 10.6. The first-order valence-corrected chi connectivity index (χ1v) is 6.74. The number of piperazine rings is 1. The second-order valence-electron chi connectivity index (χ2n) is 6.03. The molecule has 0 spiro atoms. The molecule has 0 amide bonds. The van der Waals surface area contributed by atoms with E-state index >= 15 is 0 Å². The van der Waals surface area contributed by atoms with Crippen molar-refractivity contribution in [2.24, 2.45) is 0 Å². The molecule has 17 heavy (non-hydrogen) atoms. The highest BCUT2D eigenvalue weighted by Crippen LogP contribution is 2.29. The molecule has 4 nitrogen and oxygen atoms in total. The molecule has 2 rings (SSSR count).